The molecule has 0 radical (unpaired) electrons. The number of hydrogen-bond donors (Lipinski definition) is 3. The van der Waals surface area contributed by atoms with E-state index in [-0.39, 0.29) is 17.3 Å². The van der Waals surface area contributed by atoms with Crippen molar-refractivity contribution >= 4 is 22.7 Å². The van der Waals surface area contributed by atoms with E-state index in [1.54, 1.807) is 6.92 Å². The molecule has 0 unspecified atom stereocenters. The molecule has 0 aliphatic carbocycles. The molecule has 1 aromatic carbocycles. The quantitative estimate of drug-likeness (QED) is 0.802. The molecule has 5 nitrogen and oxygen atoms in total. The Morgan fingerprint density at radius 3 is 2.87 bits per heavy atom. The molecule has 1 aliphatic heterocycles. The molecule has 1 aromatic heterocycles. The van der Waals surface area contributed by atoms with Crippen LogP contribution in [0.4, 0.5) is 8.78 Å². The normalized spacial score (nSPS) is 17.5. The number of aromatic nitrogens is 1. The average Bonchev–Trinajstić information content (AvgIpc) is 3.04. The Balaban J connectivity index is 1.69. The van der Waals surface area contributed by atoms with Crippen LogP contribution >= 0.6 is 0 Å². The first-order valence-corrected chi connectivity index (χ1v) is 7.49. The number of carbonyl (C=O) groups is 2. The first kappa shape index (κ1) is 15.5. The average molecular weight is 321 g/mol. The summed E-state index contributed by atoms with van der Waals surface area (Å²) < 4.78 is 27.2. The predicted molar refractivity (Wildman–Crippen MR) is 80.8 cm³/mol. The summed E-state index contributed by atoms with van der Waals surface area (Å²) in [6.07, 6.45) is 1.30. The molecular formula is C16H17F2N3O2. The third kappa shape index (κ3) is 3.04. The maximum absolute atomic E-state index is 13.8. The lowest BCUT2D eigenvalue weighted by molar-refractivity contribution is -0.125. The lowest BCUT2D eigenvalue weighted by Crippen LogP contribution is -2.42. The van der Waals surface area contributed by atoms with Crippen LogP contribution in [0.1, 0.15) is 24.1 Å². The van der Waals surface area contributed by atoms with Crippen LogP contribution in [0.3, 0.4) is 0 Å². The molecule has 0 saturated carbocycles. The van der Waals surface area contributed by atoms with Gasteiger partial charge < -0.3 is 15.6 Å². The zero-order valence-electron chi connectivity index (χ0n) is 12.6. The van der Waals surface area contributed by atoms with E-state index >= 15 is 0 Å². The van der Waals surface area contributed by atoms with Crippen LogP contribution in [0.25, 0.3) is 10.9 Å². The van der Waals surface area contributed by atoms with Crippen LogP contribution in [-0.4, -0.2) is 29.4 Å². The maximum atomic E-state index is 13.8. The van der Waals surface area contributed by atoms with Crippen LogP contribution in [0.15, 0.2) is 12.1 Å². The molecule has 2 aromatic rings. The number of benzene rings is 1. The number of aromatic amines is 1. The van der Waals surface area contributed by atoms with Gasteiger partial charge in [0, 0.05) is 30.1 Å². The molecule has 1 saturated heterocycles. The van der Waals surface area contributed by atoms with Crippen molar-refractivity contribution in [1.29, 1.82) is 0 Å². The first-order chi connectivity index (χ1) is 11.0. The highest BCUT2D eigenvalue weighted by molar-refractivity contribution is 5.91. The number of H-pyrrole nitrogens is 1. The van der Waals surface area contributed by atoms with Crippen molar-refractivity contribution in [2.45, 2.75) is 32.2 Å². The van der Waals surface area contributed by atoms with Gasteiger partial charge in [-0.3, -0.25) is 9.59 Å². The highest BCUT2D eigenvalue weighted by Crippen LogP contribution is 2.25. The first-order valence-electron chi connectivity index (χ1n) is 7.49. The standard InChI is InChI=1S/C16H17F2N3O2/c1-8-10(11-6-9(17)7-12(18)15(11)20-8)4-5-19-16(23)13-2-3-14(22)21-13/h6-7,13,20H,2-5H2,1H3,(H,19,23)(H,21,22)/t13-/m0/s1. The van der Waals surface area contributed by atoms with Crippen molar-refractivity contribution in [3.05, 3.63) is 35.0 Å². The van der Waals surface area contributed by atoms with Crippen molar-refractivity contribution in [2.75, 3.05) is 6.54 Å². The summed E-state index contributed by atoms with van der Waals surface area (Å²) in [6, 6.07) is 1.64. The van der Waals surface area contributed by atoms with Gasteiger partial charge in [-0.15, -0.1) is 0 Å². The van der Waals surface area contributed by atoms with Crippen molar-refractivity contribution in [3.63, 3.8) is 0 Å². The third-order valence-electron chi connectivity index (χ3n) is 4.13. The van der Waals surface area contributed by atoms with Gasteiger partial charge in [0.15, 0.2) is 0 Å². The molecular weight excluding hydrogens is 304 g/mol. The van der Waals surface area contributed by atoms with E-state index in [2.05, 4.69) is 15.6 Å². The number of halogens is 2. The summed E-state index contributed by atoms with van der Waals surface area (Å²) in [7, 11) is 0. The Kier molecular flexibility index (Phi) is 4.02. The van der Waals surface area contributed by atoms with E-state index in [0.29, 0.717) is 31.2 Å². The molecule has 0 spiro atoms. The highest BCUT2D eigenvalue weighted by atomic mass is 19.1. The second-order valence-electron chi connectivity index (χ2n) is 5.74. The number of fused-ring (bicyclic) bond motifs is 1. The second-order valence-corrected chi connectivity index (χ2v) is 5.74. The largest absolute Gasteiger partial charge is 0.356 e. The fourth-order valence-electron chi connectivity index (χ4n) is 2.97. The lowest BCUT2D eigenvalue weighted by Gasteiger charge is -2.11. The Hall–Kier alpha value is -2.44. The van der Waals surface area contributed by atoms with Gasteiger partial charge >= 0.3 is 0 Å². The lowest BCUT2D eigenvalue weighted by atomic mass is 10.1. The minimum Gasteiger partial charge on any atom is -0.356 e. The van der Waals surface area contributed by atoms with E-state index in [9.17, 15) is 18.4 Å². The van der Waals surface area contributed by atoms with Crippen molar-refractivity contribution in [3.8, 4) is 0 Å². The summed E-state index contributed by atoms with van der Waals surface area (Å²) in [4.78, 5) is 25.9. The number of amides is 2. The number of aryl methyl sites for hydroxylation is 1. The number of rotatable bonds is 4. The molecule has 3 rings (SSSR count). The Morgan fingerprint density at radius 2 is 2.17 bits per heavy atom. The second kappa shape index (κ2) is 5.98. The molecule has 1 fully saturated rings. The molecule has 1 aliphatic rings. The number of nitrogens with one attached hydrogen (secondary N) is 3. The summed E-state index contributed by atoms with van der Waals surface area (Å²) >= 11 is 0. The molecule has 2 heterocycles. The van der Waals surface area contributed by atoms with Crippen LogP contribution in [0.5, 0.6) is 0 Å². The van der Waals surface area contributed by atoms with Crippen LogP contribution in [0, 0.1) is 18.6 Å². The van der Waals surface area contributed by atoms with E-state index in [4.69, 9.17) is 0 Å². The van der Waals surface area contributed by atoms with Crippen LogP contribution in [-0.2, 0) is 16.0 Å². The SMILES string of the molecule is Cc1[nH]c2c(F)cc(F)cc2c1CCNC(=O)[C@@H]1CCC(=O)N1. The molecule has 1 atom stereocenters. The monoisotopic (exact) mass is 321 g/mol. The molecule has 2 amide bonds. The fourth-order valence-corrected chi connectivity index (χ4v) is 2.97. The van der Waals surface area contributed by atoms with Gasteiger partial charge in [0.2, 0.25) is 11.8 Å². The number of carbonyl (C=O) groups excluding carboxylic acids is 2. The zero-order valence-corrected chi connectivity index (χ0v) is 12.6. The van der Waals surface area contributed by atoms with E-state index < -0.39 is 17.7 Å². The van der Waals surface area contributed by atoms with E-state index in [0.717, 1.165) is 17.3 Å². The molecule has 122 valence electrons. The summed E-state index contributed by atoms with van der Waals surface area (Å²) in [6.45, 7) is 2.11. The van der Waals surface area contributed by atoms with Gasteiger partial charge in [-0.05, 0) is 31.4 Å². The minimum absolute atomic E-state index is 0.122. The molecule has 0 bridgehead atoms. The molecule has 23 heavy (non-hydrogen) atoms. The van der Waals surface area contributed by atoms with Gasteiger partial charge in [0.05, 0.1) is 5.52 Å². The maximum Gasteiger partial charge on any atom is 0.242 e. The Bertz CT molecular complexity index is 785. The van der Waals surface area contributed by atoms with Gasteiger partial charge in [0.1, 0.15) is 17.7 Å². The van der Waals surface area contributed by atoms with Gasteiger partial charge in [0.25, 0.3) is 0 Å². The topological polar surface area (TPSA) is 74.0 Å². The molecule has 7 heteroatoms. The Morgan fingerprint density at radius 1 is 1.39 bits per heavy atom. The van der Waals surface area contributed by atoms with Crippen LogP contribution in [0.2, 0.25) is 0 Å². The smallest absolute Gasteiger partial charge is 0.242 e. The van der Waals surface area contributed by atoms with Crippen molar-refractivity contribution < 1.29 is 18.4 Å². The summed E-state index contributed by atoms with van der Waals surface area (Å²) in [5.74, 6) is -1.62. The predicted octanol–water partition coefficient (Wildman–Crippen LogP) is 1.69. The minimum atomic E-state index is -0.632. The number of hydrogen-bond acceptors (Lipinski definition) is 2. The van der Waals surface area contributed by atoms with Crippen LogP contribution < -0.4 is 10.6 Å². The Labute approximate surface area is 131 Å². The van der Waals surface area contributed by atoms with Gasteiger partial charge in [-0.2, -0.15) is 0 Å². The van der Waals surface area contributed by atoms with Gasteiger partial charge in [-0.1, -0.05) is 0 Å². The van der Waals surface area contributed by atoms with Gasteiger partial charge in [-0.25, -0.2) is 8.78 Å². The summed E-state index contributed by atoms with van der Waals surface area (Å²) in [5.41, 5.74) is 1.79. The highest BCUT2D eigenvalue weighted by Gasteiger charge is 2.26. The van der Waals surface area contributed by atoms with Crippen molar-refractivity contribution in [1.82, 2.24) is 15.6 Å². The summed E-state index contributed by atoms with van der Waals surface area (Å²) in [5, 5.41) is 5.84. The van der Waals surface area contributed by atoms with Crippen molar-refractivity contribution in [2.24, 2.45) is 0 Å². The third-order valence-corrected chi connectivity index (χ3v) is 4.13. The fraction of sp³-hybridized carbons (Fsp3) is 0.375. The van der Waals surface area contributed by atoms with E-state index in [1.807, 2.05) is 0 Å². The molecule has 3 N–H and O–H groups in total. The van der Waals surface area contributed by atoms with E-state index in [1.165, 1.54) is 6.07 Å². The zero-order chi connectivity index (χ0) is 16.6.